The van der Waals surface area contributed by atoms with Gasteiger partial charge in [-0.05, 0) is 53.6 Å². The first-order valence-electron chi connectivity index (χ1n) is 22.6. The molecule has 13 aromatic rings. The van der Waals surface area contributed by atoms with Crippen molar-refractivity contribution in [3.63, 3.8) is 0 Å². The molecule has 0 amide bonds. The minimum Gasteiger partial charge on any atom is -0.309 e. The van der Waals surface area contributed by atoms with E-state index >= 15 is 0 Å². The summed E-state index contributed by atoms with van der Waals surface area (Å²) in [5.41, 5.74) is 11.9. The lowest BCUT2D eigenvalue weighted by molar-refractivity contribution is 0.953. The quantitative estimate of drug-likeness (QED) is 0.151. The SMILES string of the molecule is c1ccc(-c2cccc(-n3c4ccccc4c4cc5c6ccccc6n(-c6nc(-c7ccccc7)nc(-c7cccc(-c8nc(-c9ccccc9)nc(-c9ccccc9)n8)c7)n6)c5cc43)c2)cc1. The highest BCUT2D eigenvalue weighted by atomic mass is 15.2. The van der Waals surface area contributed by atoms with Gasteiger partial charge in [-0.2, -0.15) is 9.97 Å². The molecule has 0 aliphatic carbocycles. The maximum absolute atomic E-state index is 5.37. The minimum absolute atomic E-state index is 0.511. The molecule has 68 heavy (non-hydrogen) atoms. The molecule has 0 saturated heterocycles. The Bertz CT molecular complexity index is 3960. The average molecular weight is 871 g/mol. The van der Waals surface area contributed by atoms with Gasteiger partial charge in [-0.25, -0.2) is 19.9 Å². The van der Waals surface area contributed by atoms with Crippen LogP contribution >= 0.6 is 0 Å². The second-order valence-corrected chi connectivity index (χ2v) is 16.8. The van der Waals surface area contributed by atoms with E-state index in [-0.39, 0.29) is 0 Å². The zero-order chi connectivity index (χ0) is 45.0. The second kappa shape index (κ2) is 16.2. The number of hydrogen-bond acceptors (Lipinski definition) is 6. The van der Waals surface area contributed by atoms with Gasteiger partial charge in [0.1, 0.15) is 0 Å². The number of para-hydroxylation sites is 2. The van der Waals surface area contributed by atoms with Crippen LogP contribution in [0.3, 0.4) is 0 Å². The largest absolute Gasteiger partial charge is 0.309 e. The highest BCUT2D eigenvalue weighted by Gasteiger charge is 2.22. The normalized spacial score (nSPS) is 11.5. The highest BCUT2D eigenvalue weighted by Crippen LogP contribution is 2.40. The molecule has 9 aromatic carbocycles. The van der Waals surface area contributed by atoms with Crippen LogP contribution in [-0.4, -0.2) is 39.0 Å². The van der Waals surface area contributed by atoms with Crippen molar-refractivity contribution in [3.8, 4) is 79.7 Å². The van der Waals surface area contributed by atoms with E-state index in [4.69, 9.17) is 29.9 Å². The number of benzene rings is 9. The summed E-state index contributed by atoms with van der Waals surface area (Å²) in [6.07, 6.45) is 0. The molecule has 318 valence electrons. The van der Waals surface area contributed by atoms with E-state index in [1.54, 1.807) is 0 Å². The molecule has 0 N–H and O–H groups in total. The highest BCUT2D eigenvalue weighted by molar-refractivity contribution is 6.19. The van der Waals surface area contributed by atoms with Crippen LogP contribution in [0.15, 0.2) is 231 Å². The van der Waals surface area contributed by atoms with Crippen molar-refractivity contribution < 1.29 is 0 Å². The summed E-state index contributed by atoms with van der Waals surface area (Å²) >= 11 is 0. The summed E-state index contributed by atoms with van der Waals surface area (Å²) in [4.78, 5) is 30.8. The molecule has 0 aliphatic rings. The van der Waals surface area contributed by atoms with Crippen molar-refractivity contribution in [2.75, 3.05) is 0 Å². The van der Waals surface area contributed by atoms with Gasteiger partial charge >= 0.3 is 0 Å². The van der Waals surface area contributed by atoms with E-state index < -0.39 is 0 Å². The van der Waals surface area contributed by atoms with E-state index in [1.807, 2.05) is 109 Å². The standard InChI is InChI=1S/C60H38N8/c1-5-19-39(20-6-1)43-27-18-30-46(36-43)67-51-33-15-13-31-47(51)49-37-50-48-32-14-16-34-52(48)68(54(50)38-53(49)67)60-65-57(42-25-11-4-12-26-42)64-59(66-60)45-29-17-28-44(35-45)58-62-55(40-21-7-2-8-22-40)61-56(63-58)41-23-9-3-10-24-41/h1-38H. The Labute approximate surface area is 391 Å². The fourth-order valence-corrected chi connectivity index (χ4v) is 9.43. The van der Waals surface area contributed by atoms with E-state index in [1.165, 1.54) is 16.3 Å². The van der Waals surface area contributed by atoms with Crippen LogP contribution in [0.1, 0.15) is 0 Å². The molecule has 0 unspecified atom stereocenters. The van der Waals surface area contributed by atoms with Crippen molar-refractivity contribution in [3.05, 3.63) is 231 Å². The number of rotatable bonds is 8. The van der Waals surface area contributed by atoms with E-state index in [9.17, 15) is 0 Å². The van der Waals surface area contributed by atoms with Crippen molar-refractivity contribution in [2.24, 2.45) is 0 Å². The molecule has 0 fully saturated rings. The van der Waals surface area contributed by atoms with Gasteiger partial charge in [0.25, 0.3) is 0 Å². The zero-order valence-corrected chi connectivity index (χ0v) is 36.5. The molecular formula is C60H38N8. The number of nitrogens with zero attached hydrogens (tertiary/aromatic N) is 8. The Morgan fingerprint density at radius 2 is 0.603 bits per heavy atom. The average Bonchev–Trinajstić information content (AvgIpc) is 3.93. The predicted molar refractivity (Wildman–Crippen MR) is 275 cm³/mol. The summed E-state index contributed by atoms with van der Waals surface area (Å²) in [5, 5.41) is 4.57. The van der Waals surface area contributed by atoms with Crippen LogP contribution in [0.25, 0.3) is 123 Å². The van der Waals surface area contributed by atoms with E-state index in [0.717, 1.165) is 71.9 Å². The fourth-order valence-electron chi connectivity index (χ4n) is 9.43. The van der Waals surface area contributed by atoms with Crippen LogP contribution < -0.4 is 0 Å². The van der Waals surface area contributed by atoms with Crippen molar-refractivity contribution in [2.45, 2.75) is 0 Å². The Morgan fingerprint density at radius 3 is 1.15 bits per heavy atom. The zero-order valence-electron chi connectivity index (χ0n) is 36.5. The monoisotopic (exact) mass is 870 g/mol. The minimum atomic E-state index is 0.511. The lowest BCUT2D eigenvalue weighted by Crippen LogP contribution is -2.06. The van der Waals surface area contributed by atoms with Crippen LogP contribution in [0.2, 0.25) is 0 Å². The van der Waals surface area contributed by atoms with Gasteiger partial charge < -0.3 is 4.57 Å². The molecule has 0 atom stereocenters. The summed E-state index contributed by atoms with van der Waals surface area (Å²) in [6, 6.07) is 79.4. The molecule has 4 aromatic heterocycles. The fraction of sp³-hybridized carbons (Fsp3) is 0. The predicted octanol–water partition coefficient (Wildman–Crippen LogP) is 14.3. The topological polar surface area (TPSA) is 87.2 Å². The molecule has 0 spiro atoms. The molecule has 8 heteroatoms. The molecule has 0 aliphatic heterocycles. The Morgan fingerprint density at radius 1 is 0.221 bits per heavy atom. The molecule has 13 rings (SSSR count). The first-order chi connectivity index (χ1) is 33.7. The van der Waals surface area contributed by atoms with Gasteiger partial charge in [0, 0.05) is 55.0 Å². The molecule has 4 heterocycles. The van der Waals surface area contributed by atoms with Crippen LogP contribution in [-0.2, 0) is 0 Å². The van der Waals surface area contributed by atoms with Gasteiger partial charge in [-0.1, -0.05) is 188 Å². The smallest absolute Gasteiger partial charge is 0.238 e. The van der Waals surface area contributed by atoms with Crippen LogP contribution in [0.4, 0.5) is 0 Å². The molecule has 0 radical (unpaired) electrons. The summed E-state index contributed by atoms with van der Waals surface area (Å²) in [6.45, 7) is 0. The van der Waals surface area contributed by atoms with Crippen molar-refractivity contribution in [1.82, 2.24) is 39.0 Å². The molecule has 0 saturated carbocycles. The number of aromatic nitrogens is 8. The van der Waals surface area contributed by atoms with Gasteiger partial charge in [-0.15, -0.1) is 0 Å². The Hall–Kier alpha value is -9.40. The number of hydrogen-bond donors (Lipinski definition) is 0. The lowest BCUT2D eigenvalue weighted by Gasteiger charge is -2.13. The summed E-state index contributed by atoms with van der Waals surface area (Å²) in [7, 11) is 0. The molecule has 0 bridgehead atoms. The van der Waals surface area contributed by atoms with Crippen LogP contribution in [0, 0.1) is 0 Å². The molecular weight excluding hydrogens is 833 g/mol. The van der Waals surface area contributed by atoms with Gasteiger partial charge in [0.15, 0.2) is 29.1 Å². The third-order valence-electron chi connectivity index (χ3n) is 12.6. The Kier molecular flexibility index (Phi) is 9.31. The molecule has 8 nitrogen and oxygen atoms in total. The maximum Gasteiger partial charge on any atom is 0.238 e. The first kappa shape index (κ1) is 39.0. The summed E-state index contributed by atoms with van der Waals surface area (Å²) < 4.78 is 4.57. The van der Waals surface area contributed by atoms with E-state index in [0.29, 0.717) is 35.1 Å². The Balaban J connectivity index is 1.02. The van der Waals surface area contributed by atoms with Gasteiger partial charge in [-0.3, -0.25) is 4.57 Å². The van der Waals surface area contributed by atoms with Gasteiger partial charge in [0.2, 0.25) is 5.95 Å². The summed E-state index contributed by atoms with van der Waals surface area (Å²) in [5.74, 6) is 3.33. The van der Waals surface area contributed by atoms with Crippen LogP contribution in [0.5, 0.6) is 0 Å². The third-order valence-corrected chi connectivity index (χ3v) is 12.6. The van der Waals surface area contributed by atoms with Crippen molar-refractivity contribution >= 4 is 43.6 Å². The maximum atomic E-state index is 5.37. The van der Waals surface area contributed by atoms with Gasteiger partial charge in [0.05, 0.1) is 22.1 Å². The van der Waals surface area contributed by atoms with Crippen molar-refractivity contribution in [1.29, 1.82) is 0 Å². The van der Waals surface area contributed by atoms with E-state index in [2.05, 4.69) is 130 Å². The first-order valence-corrected chi connectivity index (χ1v) is 22.6. The number of fused-ring (bicyclic) bond motifs is 6. The lowest BCUT2D eigenvalue weighted by atomic mass is 10.1. The third kappa shape index (κ3) is 6.78. The second-order valence-electron chi connectivity index (χ2n) is 16.8.